The lowest BCUT2D eigenvalue weighted by Crippen LogP contribution is -2.16. The maximum absolute atomic E-state index is 12.8. The number of halogens is 4. The van der Waals surface area contributed by atoms with E-state index in [9.17, 15) is 18.0 Å². The molecule has 1 aromatic carbocycles. The molecule has 7 heteroatoms. The minimum Gasteiger partial charge on any atom is -0.495 e. The Morgan fingerprint density at radius 1 is 1.50 bits per heavy atom. The van der Waals surface area contributed by atoms with Crippen molar-refractivity contribution in [1.82, 2.24) is 0 Å². The predicted molar refractivity (Wildman–Crippen MR) is 60.8 cm³/mol. The first-order chi connectivity index (χ1) is 8.36. The van der Waals surface area contributed by atoms with E-state index in [-0.39, 0.29) is 16.6 Å². The topological polar surface area (TPSA) is 50.1 Å². The summed E-state index contributed by atoms with van der Waals surface area (Å²) in [7, 11) is 1.11. The number of hydrogen-bond acceptors (Lipinski definition) is 3. The summed E-state index contributed by atoms with van der Waals surface area (Å²) in [6, 6.07) is 3.37. The van der Waals surface area contributed by atoms with Crippen LogP contribution in [0.4, 0.5) is 13.2 Å². The first kappa shape index (κ1) is 14.5. The molecule has 0 bridgehead atoms. The Morgan fingerprint density at radius 3 is 2.50 bits per heavy atom. The third-order valence-corrected chi connectivity index (χ3v) is 2.70. The lowest BCUT2D eigenvalue weighted by Gasteiger charge is -2.15. The van der Waals surface area contributed by atoms with E-state index in [2.05, 4.69) is 15.9 Å². The second-order valence-electron chi connectivity index (χ2n) is 3.24. The molecular formula is C11H7BrF3NO2. The first-order valence-corrected chi connectivity index (χ1v) is 5.76. The average Bonchev–Trinajstić information content (AvgIpc) is 2.34. The van der Waals surface area contributed by atoms with Gasteiger partial charge in [0.05, 0.1) is 29.1 Å². The Bertz CT molecular complexity index is 520. The number of Topliss-reactive ketones (excluding diaryl/α,β-unsaturated/α-hetero) is 1. The maximum Gasteiger partial charge on any atom is 0.417 e. The molecule has 1 rings (SSSR count). The van der Waals surface area contributed by atoms with Gasteiger partial charge in [-0.05, 0) is 12.1 Å². The normalized spacial score (nSPS) is 10.9. The van der Waals surface area contributed by atoms with Crippen LogP contribution in [0, 0.1) is 11.3 Å². The molecule has 96 valence electrons. The third kappa shape index (κ3) is 2.64. The highest BCUT2D eigenvalue weighted by atomic mass is 79.9. The van der Waals surface area contributed by atoms with Gasteiger partial charge in [-0.1, -0.05) is 15.9 Å². The lowest BCUT2D eigenvalue weighted by molar-refractivity contribution is -0.138. The molecule has 0 amide bonds. The number of ketones is 1. The minimum absolute atomic E-state index is 0.116. The van der Waals surface area contributed by atoms with Gasteiger partial charge in [0.25, 0.3) is 0 Å². The lowest BCUT2D eigenvalue weighted by atomic mass is 9.99. The molecule has 0 radical (unpaired) electrons. The van der Waals surface area contributed by atoms with Crippen LogP contribution in [0.3, 0.4) is 0 Å². The molecule has 0 N–H and O–H groups in total. The molecule has 0 aliphatic heterocycles. The number of hydrogen-bond donors (Lipinski definition) is 0. The highest BCUT2D eigenvalue weighted by Gasteiger charge is 2.37. The number of rotatable bonds is 3. The second kappa shape index (κ2) is 5.40. The summed E-state index contributed by atoms with van der Waals surface area (Å²) in [5.74, 6) is -1.15. The van der Waals surface area contributed by atoms with E-state index >= 15 is 0 Å². The fraction of sp³-hybridized carbons (Fsp3) is 0.273. The molecule has 3 nitrogen and oxygen atoms in total. The van der Waals surface area contributed by atoms with Crippen molar-refractivity contribution in [2.24, 2.45) is 0 Å². The Labute approximate surface area is 109 Å². The number of benzene rings is 1. The summed E-state index contributed by atoms with van der Waals surface area (Å²) in [4.78, 5) is 11.6. The van der Waals surface area contributed by atoms with E-state index in [4.69, 9.17) is 10.00 Å². The van der Waals surface area contributed by atoms with Crippen molar-refractivity contribution in [3.63, 3.8) is 0 Å². The fourth-order valence-corrected chi connectivity index (χ4v) is 1.74. The number of carbonyl (C=O) groups is 1. The van der Waals surface area contributed by atoms with E-state index in [1.165, 1.54) is 0 Å². The van der Waals surface area contributed by atoms with Gasteiger partial charge >= 0.3 is 6.18 Å². The van der Waals surface area contributed by atoms with Crippen LogP contribution < -0.4 is 4.74 Å². The summed E-state index contributed by atoms with van der Waals surface area (Å²) in [5, 5.41) is 8.50. The Hall–Kier alpha value is -1.55. The van der Waals surface area contributed by atoms with Crippen molar-refractivity contribution in [2.45, 2.75) is 6.18 Å². The predicted octanol–water partition coefficient (Wildman–Crippen LogP) is 3.16. The summed E-state index contributed by atoms with van der Waals surface area (Å²) in [6.07, 6.45) is -4.69. The molecule has 0 aliphatic rings. The quantitative estimate of drug-likeness (QED) is 0.634. The van der Waals surface area contributed by atoms with Crippen molar-refractivity contribution in [3.8, 4) is 11.8 Å². The van der Waals surface area contributed by atoms with Crippen LogP contribution in [0.25, 0.3) is 0 Å². The standard InChI is InChI=1S/C11H7BrF3NO2/c1-18-10-6(5-16)2-3-7(11(13,14)15)9(10)8(17)4-12/h2-3H,4H2,1H3. The number of nitriles is 1. The first-order valence-electron chi connectivity index (χ1n) is 4.64. The number of ether oxygens (including phenoxy) is 1. The highest BCUT2D eigenvalue weighted by Crippen LogP contribution is 2.38. The van der Waals surface area contributed by atoms with Crippen molar-refractivity contribution >= 4 is 21.7 Å². The molecule has 0 aliphatic carbocycles. The number of nitrogens with zero attached hydrogens (tertiary/aromatic N) is 1. The summed E-state index contributed by atoms with van der Waals surface area (Å²) >= 11 is 2.81. The van der Waals surface area contributed by atoms with Crippen LogP contribution in [0.1, 0.15) is 21.5 Å². The van der Waals surface area contributed by atoms with Gasteiger partial charge in [-0.25, -0.2) is 0 Å². The Morgan fingerprint density at radius 2 is 2.11 bits per heavy atom. The molecule has 0 fully saturated rings. The van der Waals surface area contributed by atoms with Crippen molar-refractivity contribution in [3.05, 3.63) is 28.8 Å². The van der Waals surface area contributed by atoms with E-state index in [0.29, 0.717) is 6.07 Å². The smallest absolute Gasteiger partial charge is 0.417 e. The van der Waals surface area contributed by atoms with Gasteiger partial charge in [-0.3, -0.25) is 4.79 Å². The van der Waals surface area contributed by atoms with Crippen molar-refractivity contribution in [2.75, 3.05) is 12.4 Å². The van der Waals surface area contributed by atoms with Gasteiger partial charge in [-0.15, -0.1) is 0 Å². The third-order valence-electron chi connectivity index (χ3n) is 2.19. The molecule has 0 unspecified atom stereocenters. The molecule has 0 spiro atoms. The largest absolute Gasteiger partial charge is 0.495 e. The zero-order chi connectivity index (χ0) is 13.9. The van der Waals surface area contributed by atoms with E-state index < -0.39 is 23.1 Å². The van der Waals surface area contributed by atoms with Crippen LogP contribution in [0.15, 0.2) is 12.1 Å². The number of methoxy groups -OCH3 is 1. The minimum atomic E-state index is -4.69. The summed E-state index contributed by atoms with van der Waals surface area (Å²) in [6.45, 7) is 0. The molecule has 18 heavy (non-hydrogen) atoms. The zero-order valence-corrected chi connectivity index (χ0v) is 10.7. The van der Waals surface area contributed by atoms with Gasteiger partial charge in [0, 0.05) is 0 Å². The van der Waals surface area contributed by atoms with Gasteiger partial charge < -0.3 is 4.74 Å². The van der Waals surface area contributed by atoms with Crippen LogP contribution >= 0.6 is 15.9 Å². The molecule has 0 saturated heterocycles. The Balaban J connectivity index is 3.66. The van der Waals surface area contributed by atoms with Gasteiger partial charge in [-0.2, -0.15) is 18.4 Å². The van der Waals surface area contributed by atoms with E-state index in [1.54, 1.807) is 6.07 Å². The van der Waals surface area contributed by atoms with E-state index in [1.807, 2.05) is 0 Å². The van der Waals surface area contributed by atoms with Crippen LogP contribution in [-0.2, 0) is 6.18 Å². The molecule has 0 saturated carbocycles. The Kier molecular flexibility index (Phi) is 4.35. The molecule has 0 atom stereocenters. The SMILES string of the molecule is COc1c(C#N)ccc(C(F)(F)F)c1C(=O)CBr. The number of alkyl halides is 4. The van der Waals surface area contributed by atoms with Gasteiger partial charge in [0.1, 0.15) is 11.8 Å². The van der Waals surface area contributed by atoms with Crippen LogP contribution in [-0.4, -0.2) is 18.2 Å². The van der Waals surface area contributed by atoms with Gasteiger partial charge in [0.15, 0.2) is 5.78 Å². The van der Waals surface area contributed by atoms with Crippen molar-refractivity contribution in [1.29, 1.82) is 5.26 Å². The second-order valence-corrected chi connectivity index (χ2v) is 3.80. The monoisotopic (exact) mass is 321 g/mol. The molecule has 0 heterocycles. The molecular weight excluding hydrogens is 315 g/mol. The highest BCUT2D eigenvalue weighted by molar-refractivity contribution is 9.09. The fourth-order valence-electron chi connectivity index (χ4n) is 1.46. The van der Waals surface area contributed by atoms with Gasteiger partial charge in [0.2, 0.25) is 0 Å². The van der Waals surface area contributed by atoms with Crippen LogP contribution in [0.2, 0.25) is 0 Å². The van der Waals surface area contributed by atoms with E-state index in [0.717, 1.165) is 13.2 Å². The molecule has 1 aromatic rings. The number of carbonyl (C=O) groups excluding carboxylic acids is 1. The zero-order valence-electron chi connectivity index (χ0n) is 9.14. The van der Waals surface area contributed by atoms with Crippen LogP contribution in [0.5, 0.6) is 5.75 Å². The molecule has 0 aromatic heterocycles. The summed E-state index contributed by atoms with van der Waals surface area (Å²) < 4.78 is 43.1. The maximum atomic E-state index is 12.8. The van der Waals surface area contributed by atoms with Crippen molar-refractivity contribution < 1.29 is 22.7 Å². The average molecular weight is 322 g/mol. The summed E-state index contributed by atoms with van der Waals surface area (Å²) in [5.41, 5.74) is -1.85.